The molecule has 1 amide bonds. The third-order valence-electron chi connectivity index (χ3n) is 7.23. The monoisotopic (exact) mass is 639 g/mol. The van der Waals surface area contributed by atoms with Crippen LogP contribution < -0.4 is 15.4 Å². The standard InChI is InChI=1S/C34H36F3N3O4S/c1-23(41)21-38-22-28(40-45(43,44)29-12-3-2-4-13-29)16-17-30-32(37)14-7-15-33(30)39-34(42)20-31(24-8-5-10-26(35)18-24)25-9-6-11-27(36)19-25/h2-15,18-19,23,28,31,38,40-41H,16-17,20-22H2,1H3,(H,39,42)/t23?,28-/m0/s1. The van der Waals surface area contributed by atoms with Crippen molar-refractivity contribution in [2.24, 2.45) is 0 Å². The lowest BCUT2D eigenvalue weighted by Crippen LogP contribution is -2.43. The minimum absolute atomic E-state index is 0.0673. The fourth-order valence-corrected chi connectivity index (χ4v) is 6.36. The molecule has 7 nitrogen and oxygen atoms in total. The largest absolute Gasteiger partial charge is 0.392 e. The molecule has 0 aliphatic heterocycles. The van der Waals surface area contributed by atoms with E-state index in [1.165, 1.54) is 60.7 Å². The maximum Gasteiger partial charge on any atom is 0.240 e. The van der Waals surface area contributed by atoms with Crippen molar-refractivity contribution in [2.75, 3.05) is 18.4 Å². The number of aliphatic hydroxyl groups is 1. The van der Waals surface area contributed by atoms with Gasteiger partial charge in [0.05, 0.1) is 11.0 Å². The molecule has 0 aliphatic rings. The summed E-state index contributed by atoms with van der Waals surface area (Å²) in [5, 5.41) is 15.4. The Bertz CT molecular complexity index is 1640. The Morgan fingerprint density at radius 3 is 2.04 bits per heavy atom. The van der Waals surface area contributed by atoms with Gasteiger partial charge in [0.15, 0.2) is 0 Å². The molecule has 4 N–H and O–H groups in total. The number of hydrogen-bond acceptors (Lipinski definition) is 5. The van der Waals surface area contributed by atoms with Gasteiger partial charge in [0, 0.05) is 42.7 Å². The average Bonchev–Trinajstić information content (AvgIpc) is 2.99. The molecule has 0 aromatic heterocycles. The van der Waals surface area contributed by atoms with E-state index in [9.17, 15) is 27.1 Å². The predicted molar refractivity (Wildman–Crippen MR) is 168 cm³/mol. The van der Waals surface area contributed by atoms with Crippen LogP contribution in [0.5, 0.6) is 0 Å². The molecule has 0 aliphatic carbocycles. The molecule has 2 atom stereocenters. The molecule has 0 fully saturated rings. The van der Waals surface area contributed by atoms with E-state index in [1.54, 1.807) is 43.3 Å². The Balaban J connectivity index is 1.52. The third-order valence-corrected chi connectivity index (χ3v) is 8.77. The second kappa shape index (κ2) is 15.8. The maximum atomic E-state index is 15.2. The van der Waals surface area contributed by atoms with Crippen LogP contribution in [0.15, 0.2) is 102 Å². The van der Waals surface area contributed by atoms with Gasteiger partial charge in [-0.3, -0.25) is 4.79 Å². The first-order valence-electron chi connectivity index (χ1n) is 14.6. The van der Waals surface area contributed by atoms with E-state index < -0.39 is 51.4 Å². The summed E-state index contributed by atoms with van der Waals surface area (Å²) in [5.41, 5.74) is 1.35. The summed E-state index contributed by atoms with van der Waals surface area (Å²) < 4.78 is 72.1. The van der Waals surface area contributed by atoms with Crippen molar-refractivity contribution in [2.45, 2.75) is 49.1 Å². The molecule has 4 aromatic rings. The number of halogens is 3. The van der Waals surface area contributed by atoms with Crippen LogP contribution in [0.2, 0.25) is 0 Å². The van der Waals surface area contributed by atoms with Crippen LogP contribution in [0, 0.1) is 17.5 Å². The molecule has 238 valence electrons. The van der Waals surface area contributed by atoms with Gasteiger partial charge in [-0.2, -0.15) is 0 Å². The molecule has 11 heteroatoms. The normalized spacial score (nSPS) is 13.0. The molecule has 0 bridgehead atoms. The summed E-state index contributed by atoms with van der Waals surface area (Å²) in [6.45, 7) is 1.98. The highest BCUT2D eigenvalue weighted by molar-refractivity contribution is 7.89. The summed E-state index contributed by atoms with van der Waals surface area (Å²) in [7, 11) is -3.90. The lowest BCUT2D eigenvalue weighted by molar-refractivity contribution is -0.116. The van der Waals surface area contributed by atoms with Crippen molar-refractivity contribution >= 4 is 21.6 Å². The van der Waals surface area contributed by atoms with Crippen molar-refractivity contribution < 1.29 is 31.5 Å². The van der Waals surface area contributed by atoms with Crippen molar-refractivity contribution in [1.82, 2.24) is 10.0 Å². The number of sulfonamides is 1. The van der Waals surface area contributed by atoms with Gasteiger partial charge in [-0.25, -0.2) is 26.3 Å². The van der Waals surface area contributed by atoms with Crippen molar-refractivity contribution in [1.29, 1.82) is 0 Å². The van der Waals surface area contributed by atoms with E-state index in [-0.39, 0.29) is 48.5 Å². The number of carbonyl (C=O) groups is 1. The predicted octanol–water partition coefficient (Wildman–Crippen LogP) is 5.51. The van der Waals surface area contributed by atoms with Gasteiger partial charge in [-0.15, -0.1) is 0 Å². The minimum atomic E-state index is -3.90. The Hall–Kier alpha value is -4.03. The van der Waals surface area contributed by atoms with Gasteiger partial charge < -0.3 is 15.7 Å². The molecule has 4 rings (SSSR count). The zero-order valence-electron chi connectivity index (χ0n) is 24.7. The number of benzene rings is 4. The van der Waals surface area contributed by atoms with Gasteiger partial charge >= 0.3 is 0 Å². The molecule has 0 heterocycles. The van der Waals surface area contributed by atoms with E-state index in [2.05, 4.69) is 15.4 Å². The van der Waals surface area contributed by atoms with Crippen LogP contribution >= 0.6 is 0 Å². The van der Waals surface area contributed by atoms with Gasteiger partial charge in [0.1, 0.15) is 17.5 Å². The number of rotatable bonds is 15. The number of aliphatic hydroxyl groups excluding tert-OH is 1. The van der Waals surface area contributed by atoms with Gasteiger partial charge in [0.2, 0.25) is 15.9 Å². The van der Waals surface area contributed by atoms with E-state index in [0.29, 0.717) is 11.1 Å². The number of anilines is 1. The first-order valence-corrected chi connectivity index (χ1v) is 16.0. The number of nitrogens with one attached hydrogen (secondary N) is 3. The van der Waals surface area contributed by atoms with Gasteiger partial charge in [-0.1, -0.05) is 48.5 Å². The molecular formula is C34H36F3N3O4S. The fourth-order valence-electron chi connectivity index (χ4n) is 5.07. The number of hydrogen-bond donors (Lipinski definition) is 4. The van der Waals surface area contributed by atoms with Crippen LogP contribution in [0.4, 0.5) is 18.9 Å². The lowest BCUT2D eigenvalue weighted by Gasteiger charge is -2.22. The van der Waals surface area contributed by atoms with Crippen molar-refractivity contribution in [3.8, 4) is 0 Å². The van der Waals surface area contributed by atoms with E-state index in [1.807, 2.05) is 0 Å². The molecule has 0 saturated carbocycles. The van der Waals surface area contributed by atoms with Crippen LogP contribution in [0.1, 0.15) is 42.4 Å². The zero-order chi connectivity index (χ0) is 32.4. The second-order valence-electron chi connectivity index (χ2n) is 10.9. The summed E-state index contributed by atoms with van der Waals surface area (Å²) in [6.07, 6.45) is -0.602. The highest BCUT2D eigenvalue weighted by Gasteiger charge is 2.23. The molecule has 45 heavy (non-hydrogen) atoms. The summed E-state index contributed by atoms with van der Waals surface area (Å²) in [5.74, 6) is -2.75. The van der Waals surface area contributed by atoms with Crippen LogP contribution in [0.3, 0.4) is 0 Å². The zero-order valence-corrected chi connectivity index (χ0v) is 25.5. The quantitative estimate of drug-likeness (QED) is 0.137. The van der Waals surface area contributed by atoms with E-state index in [0.717, 1.165) is 0 Å². The smallest absolute Gasteiger partial charge is 0.240 e. The summed E-state index contributed by atoms with van der Waals surface area (Å²) >= 11 is 0. The lowest BCUT2D eigenvalue weighted by atomic mass is 9.88. The molecule has 1 unspecified atom stereocenters. The highest BCUT2D eigenvalue weighted by atomic mass is 32.2. The molecule has 0 spiro atoms. The first kappa shape index (κ1) is 33.9. The molecule has 0 radical (unpaired) electrons. The topological polar surface area (TPSA) is 108 Å². The molecule has 0 saturated heterocycles. The minimum Gasteiger partial charge on any atom is -0.392 e. The first-order chi connectivity index (χ1) is 21.5. The average molecular weight is 640 g/mol. The van der Waals surface area contributed by atoms with E-state index in [4.69, 9.17) is 0 Å². The summed E-state index contributed by atoms with van der Waals surface area (Å²) in [4.78, 5) is 13.4. The number of carbonyl (C=O) groups excluding carboxylic acids is 1. The number of amides is 1. The maximum absolute atomic E-state index is 15.2. The second-order valence-corrected chi connectivity index (χ2v) is 12.6. The van der Waals surface area contributed by atoms with E-state index >= 15 is 4.39 Å². The SMILES string of the molecule is CC(O)CNC[C@H](CCc1c(F)cccc1NC(=O)CC(c1cccc(F)c1)c1cccc(F)c1)NS(=O)(=O)c1ccccc1. The third kappa shape index (κ3) is 9.98. The Labute approximate surface area is 261 Å². The van der Waals surface area contributed by atoms with Gasteiger partial charge in [-0.05, 0) is 79.4 Å². The van der Waals surface area contributed by atoms with Gasteiger partial charge in [0.25, 0.3) is 0 Å². The Kier molecular flexibility index (Phi) is 11.9. The summed E-state index contributed by atoms with van der Waals surface area (Å²) in [6, 6.07) is 22.9. The van der Waals surface area contributed by atoms with Crippen molar-refractivity contribution in [3.63, 3.8) is 0 Å². The Morgan fingerprint density at radius 1 is 0.822 bits per heavy atom. The Morgan fingerprint density at radius 2 is 1.44 bits per heavy atom. The van der Waals surface area contributed by atoms with Crippen molar-refractivity contribution in [3.05, 3.63) is 131 Å². The van der Waals surface area contributed by atoms with Crippen LogP contribution in [-0.4, -0.2) is 44.7 Å². The molecule has 4 aromatic carbocycles. The van der Waals surface area contributed by atoms with Crippen LogP contribution in [-0.2, 0) is 21.2 Å². The fraction of sp³-hybridized carbons (Fsp3) is 0.265. The molecular weight excluding hydrogens is 603 g/mol. The highest BCUT2D eigenvalue weighted by Crippen LogP contribution is 2.30. The van der Waals surface area contributed by atoms with Crippen LogP contribution in [0.25, 0.3) is 0 Å².